The Morgan fingerprint density at radius 2 is 1.82 bits per heavy atom. The van der Waals surface area contributed by atoms with Crippen molar-refractivity contribution in [3.63, 3.8) is 0 Å². The molecule has 9 heteroatoms. The second-order valence-electron chi connectivity index (χ2n) is 7.83. The number of hydrogen-bond acceptors (Lipinski definition) is 5. The van der Waals surface area contributed by atoms with E-state index in [1.165, 1.54) is 16.2 Å². The highest BCUT2D eigenvalue weighted by molar-refractivity contribution is 7.16. The fourth-order valence-corrected chi connectivity index (χ4v) is 4.69. The number of methoxy groups -OCH3 is 1. The monoisotopic (exact) mass is 471 g/mol. The molecule has 0 atom stereocenters. The Kier molecular flexibility index (Phi) is 6.69. The van der Waals surface area contributed by atoms with Gasteiger partial charge in [-0.15, -0.1) is 11.3 Å². The zero-order valence-electron chi connectivity index (χ0n) is 18.2. The number of ether oxygens (including phenoxy) is 1. The summed E-state index contributed by atoms with van der Waals surface area (Å²) in [6, 6.07) is 10.5. The number of rotatable bonds is 5. The standard InChI is InChI=1S/C24H23F2N3O3S/c1-14-21(15-3-6-18(32-2)7-4-15)27-24(33-14)28-22(30)16-9-11-29(12-10-16)23(31)19-8-5-17(25)13-20(19)26/h3-8,13,16H,9-12H2,1-2H3,(H,27,28,30). The molecule has 1 aliphatic rings. The molecule has 0 spiro atoms. The van der Waals surface area contributed by atoms with Crippen LogP contribution in [0.3, 0.4) is 0 Å². The minimum atomic E-state index is -0.883. The number of benzene rings is 2. The molecule has 6 nitrogen and oxygen atoms in total. The molecule has 4 rings (SSSR count). The molecule has 1 aromatic heterocycles. The predicted octanol–water partition coefficient (Wildman–Crippen LogP) is 4.90. The van der Waals surface area contributed by atoms with Gasteiger partial charge in [-0.25, -0.2) is 13.8 Å². The van der Waals surface area contributed by atoms with Crippen LogP contribution >= 0.6 is 11.3 Å². The first-order valence-corrected chi connectivity index (χ1v) is 11.3. The van der Waals surface area contributed by atoms with Crippen molar-refractivity contribution in [1.82, 2.24) is 9.88 Å². The maximum Gasteiger partial charge on any atom is 0.256 e. The molecule has 33 heavy (non-hydrogen) atoms. The quantitative estimate of drug-likeness (QED) is 0.575. The molecule has 2 amide bonds. The maximum atomic E-state index is 13.9. The fraction of sp³-hybridized carbons (Fsp3) is 0.292. The number of halogens is 2. The zero-order valence-corrected chi connectivity index (χ0v) is 19.0. The van der Waals surface area contributed by atoms with Crippen LogP contribution in [0.4, 0.5) is 13.9 Å². The lowest BCUT2D eigenvalue weighted by molar-refractivity contribution is -0.121. The summed E-state index contributed by atoms with van der Waals surface area (Å²) >= 11 is 1.41. The number of thiazole rings is 1. The van der Waals surface area contributed by atoms with Gasteiger partial charge < -0.3 is 15.0 Å². The number of nitrogens with zero attached hydrogens (tertiary/aromatic N) is 2. The summed E-state index contributed by atoms with van der Waals surface area (Å²) in [6.07, 6.45) is 0.909. The fourth-order valence-electron chi connectivity index (χ4n) is 3.85. The Hall–Kier alpha value is -3.33. The van der Waals surface area contributed by atoms with Crippen molar-refractivity contribution < 1.29 is 23.1 Å². The summed E-state index contributed by atoms with van der Waals surface area (Å²) in [4.78, 5) is 32.4. The number of likely N-dealkylation sites (tertiary alicyclic amines) is 1. The summed E-state index contributed by atoms with van der Waals surface area (Å²) in [7, 11) is 1.61. The Balaban J connectivity index is 1.36. The first kappa shape index (κ1) is 22.8. The zero-order chi connectivity index (χ0) is 23.5. The van der Waals surface area contributed by atoms with E-state index >= 15 is 0 Å². The van der Waals surface area contributed by atoms with Gasteiger partial charge in [0.1, 0.15) is 17.4 Å². The van der Waals surface area contributed by atoms with E-state index in [9.17, 15) is 18.4 Å². The third-order valence-electron chi connectivity index (χ3n) is 5.70. The van der Waals surface area contributed by atoms with Crippen molar-refractivity contribution in [2.45, 2.75) is 19.8 Å². The summed E-state index contributed by atoms with van der Waals surface area (Å²) in [5.41, 5.74) is 1.58. The molecule has 3 aromatic rings. The van der Waals surface area contributed by atoms with E-state index in [1.807, 2.05) is 31.2 Å². The van der Waals surface area contributed by atoms with Gasteiger partial charge in [-0.1, -0.05) is 0 Å². The molecule has 1 aliphatic heterocycles. The molecule has 2 heterocycles. The molecule has 0 radical (unpaired) electrons. The molecular formula is C24H23F2N3O3S. The average molecular weight is 472 g/mol. The van der Waals surface area contributed by atoms with E-state index < -0.39 is 17.5 Å². The van der Waals surface area contributed by atoms with Crippen LogP contribution in [0.2, 0.25) is 0 Å². The van der Waals surface area contributed by atoms with E-state index in [2.05, 4.69) is 10.3 Å². The van der Waals surface area contributed by atoms with Gasteiger partial charge in [0.2, 0.25) is 5.91 Å². The van der Waals surface area contributed by atoms with Crippen molar-refractivity contribution in [1.29, 1.82) is 0 Å². The van der Waals surface area contributed by atoms with Crippen molar-refractivity contribution in [2.24, 2.45) is 5.92 Å². The van der Waals surface area contributed by atoms with Gasteiger partial charge in [-0.2, -0.15) is 0 Å². The summed E-state index contributed by atoms with van der Waals surface area (Å²) < 4.78 is 32.2. The third-order valence-corrected chi connectivity index (χ3v) is 6.59. The van der Waals surface area contributed by atoms with Crippen molar-refractivity contribution in [2.75, 3.05) is 25.5 Å². The van der Waals surface area contributed by atoms with Gasteiger partial charge in [-0.05, 0) is 56.2 Å². The van der Waals surface area contributed by atoms with E-state index in [-0.39, 0.29) is 17.4 Å². The number of carbonyl (C=O) groups is 2. The normalized spacial score (nSPS) is 14.2. The third kappa shape index (κ3) is 5.03. The first-order valence-electron chi connectivity index (χ1n) is 10.5. The molecule has 0 bridgehead atoms. The Morgan fingerprint density at radius 1 is 1.12 bits per heavy atom. The molecule has 0 unspecified atom stereocenters. The lowest BCUT2D eigenvalue weighted by Gasteiger charge is -2.31. The van der Waals surface area contributed by atoms with Crippen molar-refractivity contribution >= 4 is 28.3 Å². The molecule has 0 saturated carbocycles. The highest BCUT2D eigenvalue weighted by Gasteiger charge is 2.29. The van der Waals surface area contributed by atoms with E-state index in [0.717, 1.165) is 34.0 Å². The number of carbonyl (C=O) groups excluding carboxylic acids is 2. The lowest BCUT2D eigenvalue weighted by atomic mass is 9.95. The largest absolute Gasteiger partial charge is 0.497 e. The minimum absolute atomic E-state index is 0.148. The SMILES string of the molecule is COc1ccc(-c2nc(NC(=O)C3CCN(C(=O)c4ccc(F)cc4F)CC3)sc2C)cc1. The van der Waals surface area contributed by atoms with Gasteiger partial charge in [0.05, 0.1) is 18.4 Å². The Morgan fingerprint density at radius 3 is 2.45 bits per heavy atom. The average Bonchev–Trinajstić information content (AvgIpc) is 3.18. The van der Waals surface area contributed by atoms with Crippen molar-refractivity contribution in [3.8, 4) is 17.0 Å². The van der Waals surface area contributed by atoms with Crippen LogP contribution in [0.5, 0.6) is 5.75 Å². The Labute approximate surface area is 194 Å². The van der Waals surface area contributed by atoms with Crippen LogP contribution in [-0.2, 0) is 4.79 Å². The van der Waals surface area contributed by atoms with Gasteiger partial charge in [-0.3, -0.25) is 9.59 Å². The van der Waals surface area contributed by atoms with Gasteiger partial charge in [0.15, 0.2) is 5.13 Å². The molecule has 2 aromatic carbocycles. The van der Waals surface area contributed by atoms with Crippen LogP contribution in [0.1, 0.15) is 28.1 Å². The van der Waals surface area contributed by atoms with E-state index in [4.69, 9.17) is 4.74 Å². The predicted molar refractivity (Wildman–Crippen MR) is 122 cm³/mol. The van der Waals surface area contributed by atoms with Crippen LogP contribution < -0.4 is 10.1 Å². The molecule has 1 fully saturated rings. The maximum absolute atomic E-state index is 13.9. The first-order chi connectivity index (χ1) is 15.9. The number of aromatic nitrogens is 1. The smallest absolute Gasteiger partial charge is 0.256 e. The summed E-state index contributed by atoms with van der Waals surface area (Å²) in [5, 5.41) is 3.42. The molecule has 1 N–H and O–H groups in total. The number of nitrogens with one attached hydrogen (secondary N) is 1. The molecule has 1 saturated heterocycles. The summed E-state index contributed by atoms with van der Waals surface area (Å²) in [5.74, 6) is -1.78. The van der Waals surface area contributed by atoms with Gasteiger partial charge in [0, 0.05) is 35.5 Å². The minimum Gasteiger partial charge on any atom is -0.497 e. The second-order valence-corrected chi connectivity index (χ2v) is 9.04. The van der Waals surface area contributed by atoms with Crippen LogP contribution in [0.15, 0.2) is 42.5 Å². The lowest BCUT2D eigenvalue weighted by Crippen LogP contribution is -2.41. The number of piperidine rings is 1. The van der Waals surface area contributed by atoms with E-state index in [1.54, 1.807) is 7.11 Å². The molecule has 0 aliphatic carbocycles. The van der Waals surface area contributed by atoms with Gasteiger partial charge >= 0.3 is 0 Å². The van der Waals surface area contributed by atoms with Gasteiger partial charge in [0.25, 0.3) is 5.91 Å². The number of aryl methyl sites for hydroxylation is 1. The van der Waals surface area contributed by atoms with Crippen molar-refractivity contribution in [3.05, 3.63) is 64.5 Å². The van der Waals surface area contributed by atoms with Crippen LogP contribution in [0.25, 0.3) is 11.3 Å². The number of amides is 2. The van der Waals surface area contributed by atoms with E-state index in [0.29, 0.717) is 37.1 Å². The Bertz CT molecular complexity index is 1170. The number of hydrogen-bond donors (Lipinski definition) is 1. The van der Waals surface area contributed by atoms with Crippen LogP contribution in [-0.4, -0.2) is 41.9 Å². The molecular weight excluding hydrogens is 448 g/mol. The van der Waals surface area contributed by atoms with Crippen LogP contribution in [0, 0.1) is 24.5 Å². The second kappa shape index (κ2) is 9.66. The topological polar surface area (TPSA) is 71.5 Å². The molecule has 172 valence electrons. The highest BCUT2D eigenvalue weighted by atomic mass is 32.1. The summed E-state index contributed by atoms with van der Waals surface area (Å²) in [6.45, 7) is 2.59. The number of anilines is 1. The highest BCUT2D eigenvalue weighted by Crippen LogP contribution is 2.32.